The van der Waals surface area contributed by atoms with E-state index < -0.39 is 0 Å². The molecule has 2 aliphatic rings. The third-order valence-electron chi connectivity index (χ3n) is 4.61. The van der Waals surface area contributed by atoms with Gasteiger partial charge in [0, 0.05) is 56.7 Å². The van der Waals surface area contributed by atoms with Gasteiger partial charge < -0.3 is 20.1 Å². The molecular weight excluding hydrogens is 306 g/mol. The minimum atomic E-state index is 0.0741. The van der Waals surface area contributed by atoms with Crippen LogP contribution in [0.25, 0.3) is 0 Å². The molecule has 0 bridgehead atoms. The quantitative estimate of drug-likeness (QED) is 0.831. The topological polar surface area (TPSA) is 62.8 Å². The zero-order valence-corrected chi connectivity index (χ0v) is 14.1. The number of ether oxygens (including phenoxy) is 2. The standard InChI is InChI=1S/C18H27N3O3/c22-18(15-5-11-23-12-6-15)20-17-3-1-16(2-4-17)19-7-8-21-9-13-24-14-10-21/h1-4,15,19H,5-14H2,(H,20,22). The van der Waals surface area contributed by atoms with Crippen LogP contribution in [0.1, 0.15) is 12.8 Å². The molecule has 2 fully saturated rings. The second kappa shape index (κ2) is 9.01. The summed E-state index contributed by atoms with van der Waals surface area (Å²) in [6.07, 6.45) is 1.63. The van der Waals surface area contributed by atoms with Crippen LogP contribution in [0.4, 0.5) is 11.4 Å². The molecule has 0 atom stereocenters. The van der Waals surface area contributed by atoms with E-state index in [0.717, 1.165) is 63.6 Å². The number of hydrogen-bond acceptors (Lipinski definition) is 5. The average Bonchev–Trinajstić information content (AvgIpc) is 2.65. The summed E-state index contributed by atoms with van der Waals surface area (Å²) in [7, 11) is 0. The molecule has 6 heteroatoms. The number of rotatable bonds is 6. The first-order chi connectivity index (χ1) is 11.8. The van der Waals surface area contributed by atoms with Gasteiger partial charge in [0.15, 0.2) is 0 Å². The van der Waals surface area contributed by atoms with Crippen LogP contribution < -0.4 is 10.6 Å². The highest BCUT2D eigenvalue weighted by atomic mass is 16.5. The van der Waals surface area contributed by atoms with Crippen molar-refractivity contribution in [3.05, 3.63) is 24.3 Å². The first-order valence-electron chi connectivity index (χ1n) is 8.84. The molecular formula is C18H27N3O3. The minimum absolute atomic E-state index is 0.0741. The lowest BCUT2D eigenvalue weighted by Crippen LogP contribution is -2.38. The third kappa shape index (κ3) is 5.19. The summed E-state index contributed by atoms with van der Waals surface area (Å²) >= 11 is 0. The molecule has 1 aromatic rings. The number of carbonyl (C=O) groups excluding carboxylic acids is 1. The van der Waals surface area contributed by atoms with Gasteiger partial charge in [-0.1, -0.05) is 0 Å². The van der Waals surface area contributed by atoms with E-state index in [9.17, 15) is 4.79 Å². The second-order valence-corrected chi connectivity index (χ2v) is 6.33. The molecule has 0 radical (unpaired) electrons. The van der Waals surface area contributed by atoms with Crippen LogP contribution in [-0.4, -0.2) is 63.4 Å². The molecule has 2 heterocycles. The SMILES string of the molecule is O=C(Nc1ccc(NCCN2CCOCC2)cc1)C1CCOCC1. The molecule has 2 saturated heterocycles. The number of hydrogen-bond donors (Lipinski definition) is 2. The summed E-state index contributed by atoms with van der Waals surface area (Å²) in [4.78, 5) is 14.6. The first kappa shape index (κ1) is 17.2. The normalized spacial score (nSPS) is 19.8. The Kier molecular flexibility index (Phi) is 6.46. The molecule has 3 rings (SSSR count). The molecule has 0 aromatic heterocycles. The molecule has 6 nitrogen and oxygen atoms in total. The minimum Gasteiger partial charge on any atom is -0.384 e. The molecule has 2 N–H and O–H groups in total. The van der Waals surface area contributed by atoms with Crippen molar-refractivity contribution in [3.8, 4) is 0 Å². The van der Waals surface area contributed by atoms with Gasteiger partial charge in [0.2, 0.25) is 5.91 Å². The number of benzene rings is 1. The van der Waals surface area contributed by atoms with Crippen molar-refractivity contribution in [1.29, 1.82) is 0 Å². The molecule has 0 unspecified atom stereocenters. The Morgan fingerprint density at radius 3 is 2.33 bits per heavy atom. The van der Waals surface area contributed by atoms with E-state index >= 15 is 0 Å². The van der Waals surface area contributed by atoms with E-state index in [1.807, 2.05) is 24.3 Å². The van der Waals surface area contributed by atoms with E-state index in [0.29, 0.717) is 13.2 Å². The van der Waals surface area contributed by atoms with E-state index in [1.165, 1.54) is 0 Å². The summed E-state index contributed by atoms with van der Waals surface area (Å²) in [6.45, 7) is 6.99. The Morgan fingerprint density at radius 1 is 1.00 bits per heavy atom. The summed E-state index contributed by atoms with van der Waals surface area (Å²) in [6, 6.07) is 7.93. The Hall–Kier alpha value is -1.63. The fourth-order valence-corrected chi connectivity index (χ4v) is 3.06. The van der Waals surface area contributed by atoms with Gasteiger partial charge in [-0.3, -0.25) is 9.69 Å². The highest BCUT2D eigenvalue weighted by Crippen LogP contribution is 2.19. The third-order valence-corrected chi connectivity index (χ3v) is 4.61. The number of morpholine rings is 1. The summed E-state index contributed by atoms with van der Waals surface area (Å²) in [5.41, 5.74) is 1.93. The molecule has 2 aliphatic heterocycles. The van der Waals surface area contributed by atoms with Crippen LogP contribution in [0.3, 0.4) is 0 Å². The Bertz CT molecular complexity index is 509. The van der Waals surface area contributed by atoms with Gasteiger partial charge >= 0.3 is 0 Å². The Balaban J connectivity index is 1.40. The van der Waals surface area contributed by atoms with Crippen molar-refractivity contribution in [2.45, 2.75) is 12.8 Å². The second-order valence-electron chi connectivity index (χ2n) is 6.33. The predicted molar refractivity (Wildman–Crippen MR) is 94.4 cm³/mol. The van der Waals surface area contributed by atoms with E-state index in [4.69, 9.17) is 9.47 Å². The number of nitrogens with zero attached hydrogens (tertiary/aromatic N) is 1. The van der Waals surface area contributed by atoms with Crippen molar-refractivity contribution >= 4 is 17.3 Å². The van der Waals surface area contributed by atoms with Crippen LogP contribution in [-0.2, 0) is 14.3 Å². The van der Waals surface area contributed by atoms with Crippen LogP contribution in [0.15, 0.2) is 24.3 Å². The van der Waals surface area contributed by atoms with E-state index in [1.54, 1.807) is 0 Å². The largest absolute Gasteiger partial charge is 0.384 e. The van der Waals surface area contributed by atoms with Crippen molar-refractivity contribution in [2.24, 2.45) is 5.92 Å². The van der Waals surface area contributed by atoms with Gasteiger partial charge in [-0.05, 0) is 37.1 Å². The van der Waals surface area contributed by atoms with E-state index in [-0.39, 0.29) is 11.8 Å². The zero-order valence-electron chi connectivity index (χ0n) is 14.1. The fourth-order valence-electron chi connectivity index (χ4n) is 3.06. The van der Waals surface area contributed by atoms with Crippen molar-refractivity contribution in [2.75, 3.05) is 63.2 Å². The maximum Gasteiger partial charge on any atom is 0.227 e. The van der Waals surface area contributed by atoms with Crippen LogP contribution >= 0.6 is 0 Å². The van der Waals surface area contributed by atoms with Crippen LogP contribution in [0.2, 0.25) is 0 Å². The smallest absolute Gasteiger partial charge is 0.227 e. The Morgan fingerprint density at radius 2 is 1.62 bits per heavy atom. The number of amides is 1. The van der Waals surface area contributed by atoms with Gasteiger partial charge in [0.25, 0.3) is 0 Å². The molecule has 0 spiro atoms. The summed E-state index contributed by atoms with van der Waals surface area (Å²) in [5, 5.41) is 6.43. The molecule has 0 aliphatic carbocycles. The first-order valence-corrected chi connectivity index (χ1v) is 8.84. The van der Waals surface area contributed by atoms with Crippen molar-refractivity contribution in [3.63, 3.8) is 0 Å². The maximum atomic E-state index is 12.2. The lowest BCUT2D eigenvalue weighted by Gasteiger charge is -2.26. The van der Waals surface area contributed by atoms with Crippen molar-refractivity contribution < 1.29 is 14.3 Å². The average molecular weight is 333 g/mol. The molecule has 0 saturated carbocycles. The molecule has 1 amide bonds. The van der Waals surface area contributed by atoms with Crippen molar-refractivity contribution in [1.82, 2.24) is 4.90 Å². The zero-order chi connectivity index (χ0) is 16.6. The van der Waals surface area contributed by atoms with Gasteiger partial charge in [-0.2, -0.15) is 0 Å². The number of nitrogens with one attached hydrogen (secondary N) is 2. The summed E-state index contributed by atoms with van der Waals surface area (Å²) < 4.78 is 10.6. The number of anilines is 2. The van der Waals surface area contributed by atoms with Crippen LogP contribution in [0.5, 0.6) is 0 Å². The van der Waals surface area contributed by atoms with E-state index in [2.05, 4.69) is 15.5 Å². The molecule has 24 heavy (non-hydrogen) atoms. The Labute approximate surface area is 143 Å². The lowest BCUT2D eigenvalue weighted by molar-refractivity contribution is -0.122. The summed E-state index contributed by atoms with van der Waals surface area (Å²) in [5.74, 6) is 0.177. The van der Waals surface area contributed by atoms with Gasteiger partial charge in [0.05, 0.1) is 13.2 Å². The highest BCUT2D eigenvalue weighted by molar-refractivity contribution is 5.92. The highest BCUT2D eigenvalue weighted by Gasteiger charge is 2.21. The molecule has 1 aromatic carbocycles. The number of carbonyl (C=O) groups is 1. The van der Waals surface area contributed by atoms with Gasteiger partial charge in [-0.15, -0.1) is 0 Å². The van der Waals surface area contributed by atoms with Gasteiger partial charge in [-0.25, -0.2) is 0 Å². The van der Waals surface area contributed by atoms with Crippen LogP contribution in [0, 0.1) is 5.92 Å². The fraction of sp³-hybridized carbons (Fsp3) is 0.611. The maximum absolute atomic E-state index is 12.2. The molecule has 132 valence electrons. The lowest BCUT2D eigenvalue weighted by atomic mass is 9.99. The monoisotopic (exact) mass is 333 g/mol. The predicted octanol–water partition coefficient (Wildman–Crippen LogP) is 1.80. The van der Waals surface area contributed by atoms with Gasteiger partial charge in [0.1, 0.15) is 0 Å².